The molecule has 0 unspecified atom stereocenters. The van der Waals surface area contributed by atoms with Crippen LogP contribution in [-0.2, 0) is 29.3 Å². The van der Waals surface area contributed by atoms with Gasteiger partial charge in [0.1, 0.15) is 5.75 Å². The van der Waals surface area contributed by atoms with Crippen LogP contribution in [0, 0.1) is 13.8 Å². The molecule has 1 aromatic carbocycles. The van der Waals surface area contributed by atoms with Gasteiger partial charge in [0.25, 0.3) is 5.56 Å². The molecule has 0 saturated heterocycles. The van der Waals surface area contributed by atoms with Gasteiger partial charge < -0.3 is 4.74 Å². The molecule has 2 heterocycles. The normalized spacial score (nSPS) is 14.9. The number of benzene rings is 1. The van der Waals surface area contributed by atoms with Crippen molar-refractivity contribution in [3.05, 3.63) is 50.4 Å². The van der Waals surface area contributed by atoms with E-state index in [2.05, 4.69) is 21.8 Å². The molecular formula is C18H23N3O4S. The first kappa shape index (κ1) is 18.6. The Balaban J connectivity index is 1.86. The average Bonchev–Trinajstić information content (AvgIpc) is 2.59. The lowest BCUT2D eigenvalue weighted by Gasteiger charge is -2.28. The Morgan fingerprint density at radius 3 is 2.65 bits per heavy atom. The number of methoxy groups -OCH3 is 1. The predicted octanol–water partition coefficient (Wildman–Crippen LogP) is 1.36. The highest BCUT2D eigenvalue weighted by Crippen LogP contribution is 2.26. The van der Waals surface area contributed by atoms with Crippen molar-refractivity contribution in [1.29, 1.82) is 0 Å². The van der Waals surface area contributed by atoms with E-state index in [0.29, 0.717) is 30.8 Å². The number of H-pyrrole nitrogens is 1. The zero-order chi connectivity index (χ0) is 19.1. The highest BCUT2D eigenvalue weighted by Gasteiger charge is 2.24. The monoisotopic (exact) mass is 377 g/mol. The molecule has 1 aliphatic rings. The third kappa shape index (κ3) is 3.52. The minimum absolute atomic E-state index is 0.253. The van der Waals surface area contributed by atoms with Gasteiger partial charge in [0.2, 0.25) is 15.0 Å². The molecule has 0 amide bonds. The van der Waals surface area contributed by atoms with Gasteiger partial charge in [-0.2, -0.15) is 0 Å². The van der Waals surface area contributed by atoms with Crippen molar-refractivity contribution in [2.45, 2.75) is 38.5 Å². The summed E-state index contributed by atoms with van der Waals surface area (Å²) < 4.78 is 28.6. The van der Waals surface area contributed by atoms with E-state index in [1.165, 1.54) is 11.1 Å². The average molecular weight is 377 g/mol. The summed E-state index contributed by atoms with van der Waals surface area (Å²) in [6.07, 6.45) is 1.59. The van der Waals surface area contributed by atoms with Crippen LogP contribution < -0.4 is 10.3 Å². The van der Waals surface area contributed by atoms with Crippen LogP contribution in [0.2, 0.25) is 0 Å². The van der Waals surface area contributed by atoms with E-state index >= 15 is 0 Å². The maximum Gasteiger partial charge on any atom is 0.256 e. The van der Waals surface area contributed by atoms with Crippen molar-refractivity contribution < 1.29 is 13.2 Å². The first-order valence-electron chi connectivity index (χ1n) is 8.38. The lowest BCUT2D eigenvalue weighted by molar-refractivity contribution is 0.240. The smallest absolute Gasteiger partial charge is 0.256 e. The molecule has 140 valence electrons. The lowest BCUT2D eigenvalue weighted by Crippen LogP contribution is -2.36. The minimum atomic E-state index is -3.53. The van der Waals surface area contributed by atoms with E-state index in [9.17, 15) is 13.2 Å². The van der Waals surface area contributed by atoms with Crippen molar-refractivity contribution in [2.24, 2.45) is 0 Å². The Hall–Kier alpha value is -2.19. The maximum absolute atomic E-state index is 12.3. The maximum atomic E-state index is 12.3. The first-order chi connectivity index (χ1) is 12.2. The fourth-order valence-corrected chi connectivity index (χ4v) is 3.81. The van der Waals surface area contributed by atoms with Crippen molar-refractivity contribution in [2.75, 3.05) is 19.9 Å². The molecular weight excluding hydrogens is 354 g/mol. The second-order valence-corrected chi connectivity index (χ2v) is 8.64. The number of nitrogens with one attached hydrogen (secondary N) is 1. The van der Waals surface area contributed by atoms with Gasteiger partial charge in [0.15, 0.2) is 0 Å². The summed E-state index contributed by atoms with van der Waals surface area (Å²) in [7, 11) is -1.87. The number of sulfone groups is 1. The van der Waals surface area contributed by atoms with Crippen molar-refractivity contribution in [1.82, 2.24) is 14.9 Å². The van der Waals surface area contributed by atoms with Crippen LogP contribution in [0.4, 0.5) is 0 Å². The molecule has 1 aromatic heterocycles. The number of aromatic amines is 1. The summed E-state index contributed by atoms with van der Waals surface area (Å²) in [6.45, 7) is 5.98. The van der Waals surface area contributed by atoms with Crippen molar-refractivity contribution in [3.63, 3.8) is 0 Å². The summed E-state index contributed by atoms with van der Waals surface area (Å²) in [5.41, 5.74) is 4.22. The van der Waals surface area contributed by atoms with Crippen LogP contribution in [0.15, 0.2) is 22.1 Å². The van der Waals surface area contributed by atoms with Crippen LogP contribution in [0.25, 0.3) is 0 Å². The highest BCUT2D eigenvalue weighted by atomic mass is 32.2. The van der Waals surface area contributed by atoms with Gasteiger partial charge in [-0.1, -0.05) is 6.07 Å². The fraction of sp³-hybridized carbons (Fsp3) is 0.444. The Morgan fingerprint density at radius 2 is 2.00 bits per heavy atom. The first-order valence-corrected chi connectivity index (χ1v) is 10.3. The van der Waals surface area contributed by atoms with Crippen molar-refractivity contribution in [3.8, 4) is 5.75 Å². The number of aromatic nitrogens is 2. The van der Waals surface area contributed by atoms with Gasteiger partial charge in [0.05, 0.1) is 18.4 Å². The number of rotatable bonds is 4. The zero-order valence-electron chi connectivity index (χ0n) is 15.4. The van der Waals surface area contributed by atoms with Gasteiger partial charge >= 0.3 is 0 Å². The Labute approximate surface area is 153 Å². The van der Waals surface area contributed by atoms with Gasteiger partial charge in [-0.15, -0.1) is 0 Å². The van der Waals surface area contributed by atoms with E-state index in [-0.39, 0.29) is 10.7 Å². The third-order valence-electron chi connectivity index (χ3n) is 4.94. The SMILES string of the molecule is COc1ccc(CN2CCc3nc(S(C)(=O)=O)[nH]c(=O)c3C2)c(C)c1C. The van der Waals surface area contributed by atoms with E-state index in [1.54, 1.807) is 7.11 Å². The standard InChI is InChI=1S/C18H23N3O4S/c1-11-12(2)16(25-3)6-5-13(11)9-21-8-7-15-14(10-21)17(22)20-18(19-15)26(4,23)24/h5-6H,7-10H2,1-4H3,(H,19,20,22). The van der Waals surface area contributed by atoms with E-state index in [0.717, 1.165) is 24.1 Å². The number of hydrogen-bond donors (Lipinski definition) is 1. The van der Waals surface area contributed by atoms with Crippen LogP contribution in [0.1, 0.15) is 27.9 Å². The molecule has 0 atom stereocenters. The third-order valence-corrected chi connectivity index (χ3v) is 5.84. The van der Waals surface area contributed by atoms with Crippen LogP contribution in [0.3, 0.4) is 0 Å². The second kappa shape index (κ2) is 6.85. The van der Waals surface area contributed by atoms with Crippen molar-refractivity contribution >= 4 is 9.84 Å². The molecule has 0 fully saturated rings. The van der Waals surface area contributed by atoms with Gasteiger partial charge in [-0.05, 0) is 36.6 Å². The summed E-state index contributed by atoms with van der Waals surface area (Å²) in [4.78, 5) is 21.1. The Kier molecular flexibility index (Phi) is 4.90. The van der Waals surface area contributed by atoms with E-state index in [4.69, 9.17) is 4.74 Å². The minimum Gasteiger partial charge on any atom is -0.496 e. The summed E-state index contributed by atoms with van der Waals surface area (Å²) >= 11 is 0. The molecule has 2 aromatic rings. The van der Waals surface area contributed by atoms with Gasteiger partial charge in [-0.3, -0.25) is 14.7 Å². The molecule has 0 bridgehead atoms. The zero-order valence-corrected chi connectivity index (χ0v) is 16.2. The lowest BCUT2D eigenvalue weighted by atomic mass is 10.0. The molecule has 8 heteroatoms. The quantitative estimate of drug-likeness (QED) is 0.809. The summed E-state index contributed by atoms with van der Waals surface area (Å²) in [6, 6.07) is 4.01. The second-order valence-electron chi connectivity index (χ2n) is 6.71. The topological polar surface area (TPSA) is 92.4 Å². The largest absolute Gasteiger partial charge is 0.496 e. The van der Waals surface area contributed by atoms with Crippen LogP contribution >= 0.6 is 0 Å². The van der Waals surface area contributed by atoms with Gasteiger partial charge in [0, 0.05) is 32.3 Å². The van der Waals surface area contributed by atoms with Crippen LogP contribution in [0.5, 0.6) is 5.75 Å². The number of fused-ring (bicyclic) bond motifs is 1. The molecule has 1 aliphatic heterocycles. The van der Waals surface area contributed by atoms with E-state index < -0.39 is 9.84 Å². The molecule has 0 radical (unpaired) electrons. The number of hydrogen-bond acceptors (Lipinski definition) is 6. The van der Waals surface area contributed by atoms with Gasteiger partial charge in [-0.25, -0.2) is 13.4 Å². The highest BCUT2D eigenvalue weighted by molar-refractivity contribution is 7.90. The number of ether oxygens (including phenoxy) is 1. The molecule has 0 saturated carbocycles. The molecule has 0 aliphatic carbocycles. The van der Waals surface area contributed by atoms with Crippen LogP contribution in [-0.4, -0.2) is 43.2 Å². The fourth-order valence-electron chi connectivity index (χ4n) is 3.25. The number of nitrogens with zero attached hydrogens (tertiary/aromatic N) is 2. The molecule has 3 rings (SSSR count). The molecule has 26 heavy (non-hydrogen) atoms. The Bertz CT molecular complexity index is 1010. The molecule has 1 N–H and O–H groups in total. The predicted molar refractivity (Wildman–Crippen MR) is 98.3 cm³/mol. The summed E-state index contributed by atoms with van der Waals surface area (Å²) in [5, 5.41) is -0.253. The Morgan fingerprint density at radius 1 is 1.27 bits per heavy atom. The summed E-state index contributed by atoms with van der Waals surface area (Å²) in [5.74, 6) is 0.865. The molecule has 7 nitrogen and oxygen atoms in total. The molecule has 0 spiro atoms. The van der Waals surface area contributed by atoms with E-state index in [1.807, 2.05) is 19.1 Å².